The molecule has 2 unspecified atom stereocenters. The average Bonchev–Trinajstić information content (AvgIpc) is 2.15. The van der Waals surface area contributed by atoms with E-state index < -0.39 is 0 Å². The first-order valence-corrected chi connectivity index (χ1v) is 6.49. The van der Waals surface area contributed by atoms with Gasteiger partial charge < -0.3 is 0 Å². The Bertz CT molecular complexity index is 137. The molecule has 0 aromatic carbocycles. The third-order valence-corrected chi connectivity index (χ3v) is 4.94. The van der Waals surface area contributed by atoms with Gasteiger partial charge in [-0.2, -0.15) is 0 Å². The van der Waals surface area contributed by atoms with Crippen molar-refractivity contribution in [3.8, 4) is 0 Å². The quantitative estimate of drug-likeness (QED) is 0.285. The van der Waals surface area contributed by atoms with Crippen molar-refractivity contribution in [3.05, 3.63) is 11.6 Å². The number of fused-ring (bicyclic) bond motifs is 1. The van der Waals surface area contributed by atoms with Crippen molar-refractivity contribution in [1.82, 2.24) is 0 Å². The average molecular weight is 221 g/mol. The van der Waals surface area contributed by atoms with Crippen LogP contribution in [0.15, 0.2) is 11.6 Å². The molecule has 3 rings (SSSR count). The van der Waals surface area contributed by atoms with Crippen LogP contribution in [-0.2, 0) is 0 Å². The van der Waals surface area contributed by atoms with Gasteiger partial charge in [0, 0.05) is 0 Å². The SMILES string of the molecule is C[I-]C1CC2C=C1C2. The summed E-state index contributed by atoms with van der Waals surface area (Å²) in [5, 5.41) is 0. The fourth-order valence-electron chi connectivity index (χ4n) is 1.60. The molecular weight excluding hydrogens is 211 g/mol. The van der Waals surface area contributed by atoms with Crippen molar-refractivity contribution in [1.29, 1.82) is 0 Å². The molecule has 0 spiro atoms. The van der Waals surface area contributed by atoms with Crippen LogP contribution in [0.3, 0.4) is 0 Å². The molecule has 1 fully saturated rings. The first-order valence-electron chi connectivity index (χ1n) is 3.09. The van der Waals surface area contributed by atoms with Crippen LogP contribution in [0, 0.1) is 5.92 Å². The van der Waals surface area contributed by atoms with Crippen molar-refractivity contribution in [3.63, 3.8) is 0 Å². The summed E-state index contributed by atoms with van der Waals surface area (Å²) < 4.78 is 1.11. The molecule has 0 N–H and O–H groups in total. The van der Waals surface area contributed by atoms with Gasteiger partial charge in [-0.25, -0.2) is 0 Å². The van der Waals surface area contributed by atoms with Gasteiger partial charge in [0.25, 0.3) is 0 Å². The first-order chi connectivity index (χ1) is 3.90. The topological polar surface area (TPSA) is 0 Å². The second-order valence-corrected chi connectivity index (χ2v) is 5.38. The Kier molecular flexibility index (Phi) is 1.14. The minimum atomic E-state index is 0.537. The van der Waals surface area contributed by atoms with Gasteiger partial charge in [-0.1, -0.05) is 0 Å². The van der Waals surface area contributed by atoms with Crippen molar-refractivity contribution in [2.24, 2.45) is 5.92 Å². The van der Waals surface area contributed by atoms with E-state index in [1.807, 2.05) is 5.57 Å². The third-order valence-electron chi connectivity index (χ3n) is 2.12. The predicted molar refractivity (Wildman–Crippen MR) is 30.5 cm³/mol. The molecule has 2 atom stereocenters. The molecule has 0 saturated heterocycles. The Balaban J connectivity index is 2.12. The monoisotopic (exact) mass is 221 g/mol. The van der Waals surface area contributed by atoms with E-state index in [4.69, 9.17) is 0 Å². The maximum atomic E-state index is 2.49. The Morgan fingerprint density at radius 3 is 2.75 bits per heavy atom. The van der Waals surface area contributed by atoms with E-state index >= 15 is 0 Å². The van der Waals surface area contributed by atoms with Gasteiger partial charge in [0.1, 0.15) is 0 Å². The fourth-order valence-corrected chi connectivity index (χ4v) is 4.03. The fraction of sp³-hybridized carbons (Fsp3) is 0.714. The number of hydrogen-bond acceptors (Lipinski definition) is 0. The number of alkyl halides is 2. The molecule has 46 valence electrons. The number of rotatable bonds is 1. The molecule has 0 radical (unpaired) electrons. The van der Waals surface area contributed by atoms with Crippen molar-refractivity contribution < 1.29 is 21.2 Å². The van der Waals surface area contributed by atoms with Gasteiger partial charge in [0.2, 0.25) is 0 Å². The van der Waals surface area contributed by atoms with E-state index in [1.54, 1.807) is 0 Å². The normalized spacial score (nSPS) is 41.9. The Morgan fingerprint density at radius 2 is 2.50 bits per heavy atom. The van der Waals surface area contributed by atoms with Crippen LogP contribution in [0.4, 0.5) is 0 Å². The zero-order valence-electron chi connectivity index (χ0n) is 5.02. The molecule has 1 heteroatoms. The zero-order chi connectivity index (χ0) is 5.56. The molecule has 0 nitrogen and oxygen atoms in total. The molecule has 2 bridgehead atoms. The molecule has 3 aliphatic rings. The van der Waals surface area contributed by atoms with Gasteiger partial charge in [0.15, 0.2) is 0 Å². The summed E-state index contributed by atoms with van der Waals surface area (Å²) in [6.07, 6.45) is 5.49. The van der Waals surface area contributed by atoms with Crippen molar-refractivity contribution in [2.75, 3.05) is 4.93 Å². The maximum absolute atomic E-state index is 2.49. The minimum absolute atomic E-state index is 0.537. The van der Waals surface area contributed by atoms with Crippen LogP contribution in [-0.4, -0.2) is 8.86 Å². The summed E-state index contributed by atoms with van der Waals surface area (Å²) in [4.78, 5) is 2.41. The molecule has 8 heavy (non-hydrogen) atoms. The summed E-state index contributed by atoms with van der Waals surface area (Å²) >= 11 is 0.537. The number of halogens is 1. The van der Waals surface area contributed by atoms with Crippen LogP contribution in [0.2, 0.25) is 0 Å². The summed E-state index contributed by atoms with van der Waals surface area (Å²) in [5.74, 6) is 1.04. The Labute approximate surface area is 60.6 Å². The second-order valence-electron chi connectivity index (χ2n) is 2.63. The van der Waals surface area contributed by atoms with E-state index in [0.29, 0.717) is 21.2 Å². The summed E-state index contributed by atoms with van der Waals surface area (Å²) in [6.45, 7) is 0. The Hall–Kier alpha value is 0.470. The zero-order valence-corrected chi connectivity index (χ0v) is 7.18. The number of hydrogen-bond donors (Lipinski definition) is 0. The summed E-state index contributed by atoms with van der Waals surface area (Å²) in [7, 11) is 0. The predicted octanol–water partition coefficient (Wildman–Crippen LogP) is -1.58. The van der Waals surface area contributed by atoms with Crippen molar-refractivity contribution in [2.45, 2.75) is 16.8 Å². The standard InChI is InChI=1S/C7H10I/c1-8-7-4-5-2-6(7)3-5/h2,5,7H,3-4H2,1H3/q-1. The van der Waals surface area contributed by atoms with Crippen LogP contribution in [0.1, 0.15) is 12.8 Å². The van der Waals surface area contributed by atoms with E-state index in [1.165, 1.54) is 12.8 Å². The summed E-state index contributed by atoms with van der Waals surface area (Å²) in [5.41, 5.74) is 1.81. The Morgan fingerprint density at radius 1 is 1.75 bits per heavy atom. The second kappa shape index (κ2) is 1.72. The van der Waals surface area contributed by atoms with Crippen LogP contribution < -0.4 is 21.2 Å². The molecular formula is C7H10I-. The first kappa shape index (κ1) is 5.27. The molecule has 0 amide bonds. The molecule has 1 saturated carbocycles. The van der Waals surface area contributed by atoms with Gasteiger partial charge >= 0.3 is 60.5 Å². The molecule has 0 heterocycles. The van der Waals surface area contributed by atoms with Gasteiger partial charge in [-0.05, 0) is 0 Å². The van der Waals surface area contributed by atoms with E-state index in [2.05, 4.69) is 11.0 Å². The van der Waals surface area contributed by atoms with E-state index in [-0.39, 0.29) is 0 Å². The molecule has 0 aromatic heterocycles. The molecule has 3 aliphatic carbocycles. The van der Waals surface area contributed by atoms with Crippen molar-refractivity contribution >= 4 is 0 Å². The third kappa shape index (κ3) is 0.567. The van der Waals surface area contributed by atoms with Gasteiger partial charge in [-0.3, -0.25) is 0 Å². The van der Waals surface area contributed by atoms with Crippen LogP contribution in [0.5, 0.6) is 0 Å². The van der Waals surface area contributed by atoms with Gasteiger partial charge in [-0.15, -0.1) is 0 Å². The van der Waals surface area contributed by atoms with Gasteiger partial charge in [0.05, 0.1) is 0 Å². The summed E-state index contributed by atoms with van der Waals surface area (Å²) in [6, 6.07) is 0. The van der Waals surface area contributed by atoms with E-state index in [9.17, 15) is 0 Å². The van der Waals surface area contributed by atoms with E-state index in [0.717, 1.165) is 9.84 Å². The molecule has 0 aliphatic heterocycles. The van der Waals surface area contributed by atoms with Crippen LogP contribution in [0.25, 0.3) is 0 Å². The van der Waals surface area contributed by atoms with Crippen LogP contribution >= 0.6 is 0 Å². The number of allylic oxidation sites excluding steroid dienone is 2. The molecule has 0 aromatic rings.